The SMILES string of the molecule is C=C(N)/C=C\C(F)=C/C. The van der Waals surface area contributed by atoms with Gasteiger partial charge in [-0.05, 0) is 19.1 Å². The summed E-state index contributed by atoms with van der Waals surface area (Å²) in [6.45, 7) is 4.97. The molecule has 0 spiro atoms. The van der Waals surface area contributed by atoms with Gasteiger partial charge in [0.15, 0.2) is 0 Å². The summed E-state index contributed by atoms with van der Waals surface area (Å²) in [6, 6.07) is 0. The Hall–Kier alpha value is -1.05. The van der Waals surface area contributed by atoms with E-state index in [1.165, 1.54) is 18.2 Å². The Kier molecular flexibility index (Phi) is 3.44. The van der Waals surface area contributed by atoms with Crippen molar-refractivity contribution in [3.05, 3.63) is 36.3 Å². The first-order valence-corrected chi connectivity index (χ1v) is 2.61. The van der Waals surface area contributed by atoms with E-state index in [9.17, 15) is 4.39 Å². The second-order valence-corrected chi connectivity index (χ2v) is 1.58. The number of hydrogen-bond donors (Lipinski definition) is 1. The van der Waals surface area contributed by atoms with E-state index in [1.54, 1.807) is 6.92 Å². The van der Waals surface area contributed by atoms with Crippen LogP contribution in [0.2, 0.25) is 0 Å². The second kappa shape index (κ2) is 3.89. The molecule has 2 N–H and O–H groups in total. The Labute approximate surface area is 54.4 Å². The van der Waals surface area contributed by atoms with Gasteiger partial charge >= 0.3 is 0 Å². The van der Waals surface area contributed by atoms with Gasteiger partial charge in [-0.15, -0.1) is 0 Å². The normalized spacial score (nSPS) is 12.4. The van der Waals surface area contributed by atoms with Crippen molar-refractivity contribution in [2.75, 3.05) is 0 Å². The van der Waals surface area contributed by atoms with E-state index in [-0.39, 0.29) is 5.83 Å². The Bertz CT molecular complexity index is 156. The topological polar surface area (TPSA) is 26.0 Å². The highest BCUT2D eigenvalue weighted by molar-refractivity contribution is 5.19. The van der Waals surface area contributed by atoms with Crippen LogP contribution in [0, 0.1) is 0 Å². The van der Waals surface area contributed by atoms with Crippen molar-refractivity contribution in [2.24, 2.45) is 5.73 Å². The van der Waals surface area contributed by atoms with Crippen molar-refractivity contribution in [3.8, 4) is 0 Å². The standard InChI is InChI=1S/C7H10FN/c1-3-7(8)5-4-6(2)9/h3-5H,2,9H2,1H3/b5-4-,7-3+. The summed E-state index contributed by atoms with van der Waals surface area (Å²) >= 11 is 0. The zero-order chi connectivity index (χ0) is 7.28. The highest BCUT2D eigenvalue weighted by Gasteiger charge is 1.80. The lowest BCUT2D eigenvalue weighted by Gasteiger charge is -1.84. The molecule has 0 aliphatic heterocycles. The Morgan fingerprint density at radius 2 is 2.11 bits per heavy atom. The fraction of sp³-hybridized carbons (Fsp3) is 0.143. The van der Waals surface area contributed by atoms with E-state index in [4.69, 9.17) is 5.73 Å². The van der Waals surface area contributed by atoms with Crippen molar-refractivity contribution in [3.63, 3.8) is 0 Å². The maximum atomic E-state index is 12.2. The summed E-state index contributed by atoms with van der Waals surface area (Å²) in [7, 11) is 0. The van der Waals surface area contributed by atoms with E-state index in [0.717, 1.165) is 0 Å². The Morgan fingerprint density at radius 1 is 1.56 bits per heavy atom. The Morgan fingerprint density at radius 3 is 2.44 bits per heavy atom. The molecule has 9 heavy (non-hydrogen) atoms. The summed E-state index contributed by atoms with van der Waals surface area (Å²) in [4.78, 5) is 0. The molecule has 0 bridgehead atoms. The van der Waals surface area contributed by atoms with Gasteiger partial charge in [-0.1, -0.05) is 12.7 Å². The first kappa shape index (κ1) is 7.95. The monoisotopic (exact) mass is 127 g/mol. The van der Waals surface area contributed by atoms with Gasteiger partial charge in [0, 0.05) is 5.70 Å². The molecule has 0 amide bonds. The highest BCUT2D eigenvalue weighted by atomic mass is 19.1. The summed E-state index contributed by atoms with van der Waals surface area (Å²) in [5.74, 6) is -0.304. The molecular weight excluding hydrogens is 117 g/mol. The minimum atomic E-state index is -0.304. The lowest BCUT2D eigenvalue weighted by atomic mass is 10.4. The predicted molar refractivity (Wildman–Crippen MR) is 37.3 cm³/mol. The molecule has 0 saturated carbocycles. The van der Waals surface area contributed by atoms with Gasteiger partial charge in [0.05, 0.1) is 0 Å². The number of nitrogens with two attached hydrogens (primary N) is 1. The van der Waals surface area contributed by atoms with Crippen molar-refractivity contribution in [1.29, 1.82) is 0 Å². The molecular formula is C7H10FN. The molecule has 50 valence electrons. The molecule has 0 aliphatic rings. The number of allylic oxidation sites excluding steroid dienone is 4. The van der Waals surface area contributed by atoms with Crippen LogP contribution in [0.15, 0.2) is 36.3 Å². The third-order valence-electron chi connectivity index (χ3n) is 0.732. The maximum Gasteiger partial charge on any atom is 0.119 e. The third kappa shape index (κ3) is 4.81. The smallest absolute Gasteiger partial charge is 0.119 e. The number of rotatable bonds is 2. The molecule has 0 unspecified atom stereocenters. The van der Waals surface area contributed by atoms with E-state index in [2.05, 4.69) is 6.58 Å². The highest BCUT2D eigenvalue weighted by Crippen LogP contribution is 1.97. The molecule has 0 aromatic heterocycles. The second-order valence-electron chi connectivity index (χ2n) is 1.58. The zero-order valence-electron chi connectivity index (χ0n) is 5.39. The van der Waals surface area contributed by atoms with Crippen LogP contribution in [-0.2, 0) is 0 Å². The largest absolute Gasteiger partial charge is 0.399 e. The van der Waals surface area contributed by atoms with Gasteiger partial charge in [-0.2, -0.15) is 0 Å². The van der Waals surface area contributed by atoms with Gasteiger partial charge in [0.2, 0.25) is 0 Å². The first-order valence-electron chi connectivity index (χ1n) is 2.61. The van der Waals surface area contributed by atoms with Crippen LogP contribution in [0.4, 0.5) is 4.39 Å². The predicted octanol–water partition coefficient (Wildman–Crippen LogP) is 1.89. The minimum absolute atomic E-state index is 0.304. The fourth-order valence-corrected chi connectivity index (χ4v) is 0.283. The van der Waals surface area contributed by atoms with Gasteiger partial charge in [0.25, 0.3) is 0 Å². The third-order valence-corrected chi connectivity index (χ3v) is 0.732. The maximum absolute atomic E-state index is 12.2. The van der Waals surface area contributed by atoms with Gasteiger partial charge in [0.1, 0.15) is 5.83 Å². The Balaban J connectivity index is 3.86. The molecule has 1 nitrogen and oxygen atoms in total. The lowest BCUT2D eigenvalue weighted by Crippen LogP contribution is -1.87. The van der Waals surface area contributed by atoms with Gasteiger partial charge in [-0.3, -0.25) is 0 Å². The minimum Gasteiger partial charge on any atom is -0.399 e. The quantitative estimate of drug-likeness (QED) is 0.563. The van der Waals surface area contributed by atoms with E-state index < -0.39 is 0 Å². The van der Waals surface area contributed by atoms with Crippen molar-refractivity contribution in [2.45, 2.75) is 6.92 Å². The van der Waals surface area contributed by atoms with Crippen LogP contribution >= 0.6 is 0 Å². The van der Waals surface area contributed by atoms with Crippen molar-refractivity contribution >= 4 is 0 Å². The summed E-state index contributed by atoms with van der Waals surface area (Å²) in [5, 5.41) is 0. The molecule has 0 rings (SSSR count). The summed E-state index contributed by atoms with van der Waals surface area (Å²) < 4.78 is 12.2. The molecule has 0 aliphatic carbocycles. The molecule has 0 fully saturated rings. The molecule has 0 saturated heterocycles. The zero-order valence-corrected chi connectivity index (χ0v) is 5.39. The average molecular weight is 127 g/mol. The van der Waals surface area contributed by atoms with E-state index in [0.29, 0.717) is 5.70 Å². The molecule has 0 aromatic carbocycles. The van der Waals surface area contributed by atoms with Crippen LogP contribution in [0.5, 0.6) is 0 Å². The molecule has 0 aromatic rings. The molecule has 0 radical (unpaired) electrons. The van der Waals surface area contributed by atoms with Crippen molar-refractivity contribution < 1.29 is 4.39 Å². The first-order chi connectivity index (χ1) is 4.16. The summed E-state index contributed by atoms with van der Waals surface area (Å²) in [5.41, 5.74) is 5.47. The van der Waals surface area contributed by atoms with Crippen molar-refractivity contribution in [1.82, 2.24) is 0 Å². The number of halogens is 1. The molecule has 0 atom stereocenters. The van der Waals surface area contributed by atoms with Gasteiger partial charge < -0.3 is 5.73 Å². The summed E-state index contributed by atoms with van der Waals surface area (Å²) in [6.07, 6.45) is 4.02. The van der Waals surface area contributed by atoms with E-state index >= 15 is 0 Å². The lowest BCUT2D eigenvalue weighted by molar-refractivity contribution is 0.664. The van der Waals surface area contributed by atoms with Crippen LogP contribution in [0.25, 0.3) is 0 Å². The van der Waals surface area contributed by atoms with Crippen LogP contribution in [0.3, 0.4) is 0 Å². The molecule has 0 heterocycles. The number of hydrogen-bond acceptors (Lipinski definition) is 1. The average Bonchev–Trinajstić information content (AvgIpc) is 1.83. The fourth-order valence-electron chi connectivity index (χ4n) is 0.283. The van der Waals surface area contributed by atoms with E-state index in [1.807, 2.05) is 0 Å². The van der Waals surface area contributed by atoms with Crippen LogP contribution in [-0.4, -0.2) is 0 Å². The molecule has 2 heteroatoms. The van der Waals surface area contributed by atoms with Crippen LogP contribution < -0.4 is 5.73 Å². The van der Waals surface area contributed by atoms with Gasteiger partial charge in [-0.25, -0.2) is 4.39 Å². The van der Waals surface area contributed by atoms with Crippen LogP contribution in [0.1, 0.15) is 6.92 Å².